The second kappa shape index (κ2) is 10.2. The predicted molar refractivity (Wildman–Crippen MR) is 129 cm³/mol. The van der Waals surface area contributed by atoms with Crippen LogP contribution >= 0.6 is 0 Å². The highest BCUT2D eigenvalue weighted by Crippen LogP contribution is 2.28. The molecule has 0 aliphatic carbocycles. The van der Waals surface area contributed by atoms with Gasteiger partial charge in [-0.05, 0) is 75.3 Å². The summed E-state index contributed by atoms with van der Waals surface area (Å²) < 4.78 is 0. The van der Waals surface area contributed by atoms with Crippen LogP contribution in [-0.4, -0.2) is 46.7 Å². The maximum atomic E-state index is 13.4. The second-order valence-corrected chi connectivity index (χ2v) is 9.22. The van der Waals surface area contributed by atoms with Crippen molar-refractivity contribution in [2.24, 2.45) is 0 Å². The molecular formula is C27H33N3O3. The van der Waals surface area contributed by atoms with Crippen LogP contribution in [0.3, 0.4) is 0 Å². The van der Waals surface area contributed by atoms with Gasteiger partial charge in [-0.3, -0.25) is 14.4 Å². The number of likely N-dealkylation sites (tertiary alicyclic amines) is 2. The third-order valence-electron chi connectivity index (χ3n) is 6.83. The van der Waals surface area contributed by atoms with E-state index in [-0.39, 0.29) is 23.8 Å². The van der Waals surface area contributed by atoms with Crippen molar-refractivity contribution in [3.8, 4) is 0 Å². The van der Waals surface area contributed by atoms with Crippen molar-refractivity contribution in [2.45, 2.75) is 64.5 Å². The molecule has 3 amide bonds. The largest absolute Gasteiger partial charge is 0.336 e. The van der Waals surface area contributed by atoms with Crippen LogP contribution < -0.4 is 5.32 Å². The van der Waals surface area contributed by atoms with Crippen LogP contribution in [0.25, 0.3) is 0 Å². The Hall–Kier alpha value is -3.15. The topological polar surface area (TPSA) is 69.7 Å². The van der Waals surface area contributed by atoms with Gasteiger partial charge in [0.25, 0.3) is 11.8 Å². The van der Waals surface area contributed by atoms with Gasteiger partial charge in [-0.1, -0.05) is 30.3 Å². The summed E-state index contributed by atoms with van der Waals surface area (Å²) in [5.41, 5.74) is 2.93. The van der Waals surface area contributed by atoms with E-state index in [1.807, 2.05) is 48.2 Å². The fourth-order valence-corrected chi connectivity index (χ4v) is 4.91. The van der Waals surface area contributed by atoms with Crippen LogP contribution in [0.15, 0.2) is 48.5 Å². The van der Waals surface area contributed by atoms with Crippen molar-refractivity contribution in [1.29, 1.82) is 0 Å². The minimum Gasteiger partial charge on any atom is -0.336 e. The van der Waals surface area contributed by atoms with Crippen molar-refractivity contribution in [3.63, 3.8) is 0 Å². The molecule has 2 aliphatic heterocycles. The van der Waals surface area contributed by atoms with Crippen molar-refractivity contribution >= 4 is 23.4 Å². The smallest absolute Gasteiger partial charge is 0.254 e. The van der Waals surface area contributed by atoms with Gasteiger partial charge in [0.15, 0.2) is 0 Å². The van der Waals surface area contributed by atoms with E-state index in [1.165, 1.54) is 0 Å². The fourth-order valence-electron chi connectivity index (χ4n) is 4.91. The third kappa shape index (κ3) is 5.10. The first-order valence-corrected chi connectivity index (χ1v) is 12.0. The molecule has 2 saturated heterocycles. The normalized spacial score (nSPS) is 19.8. The molecule has 174 valence electrons. The van der Waals surface area contributed by atoms with E-state index < -0.39 is 6.04 Å². The number of carbonyl (C=O) groups is 3. The number of nitrogens with zero attached hydrogens (tertiary/aromatic N) is 2. The maximum Gasteiger partial charge on any atom is 0.254 e. The fraction of sp³-hybridized carbons (Fsp3) is 0.444. The number of benzene rings is 2. The Labute approximate surface area is 196 Å². The van der Waals surface area contributed by atoms with Gasteiger partial charge >= 0.3 is 0 Å². The molecule has 0 spiro atoms. The Kier molecular flexibility index (Phi) is 7.11. The lowest BCUT2D eigenvalue weighted by molar-refractivity contribution is -0.141. The van der Waals surface area contributed by atoms with Crippen LogP contribution in [0.5, 0.6) is 0 Å². The zero-order valence-corrected chi connectivity index (χ0v) is 19.5. The van der Waals surface area contributed by atoms with Crippen LogP contribution in [0.4, 0.5) is 5.69 Å². The maximum absolute atomic E-state index is 13.4. The molecular weight excluding hydrogens is 414 g/mol. The van der Waals surface area contributed by atoms with Gasteiger partial charge in [-0.25, -0.2) is 0 Å². The first kappa shape index (κ1) is 23.0. The van der Waals surface area contributed by atoms with E-state index in [0.717, 1.165) is 49.8 Å². The Balaban J connectivity index is 1.54. The molecule has 2 aromatic carbocycles. The van der Waals surface area contributed by atoms with Crippen LogP contribution in [0, 0.1) is 6.92 Å². The highest BCUT2D eigenvalue weighted by molar-refractivity contribution is 6.00. The average molecular weight is 448 g/mol. The molecule has 2 fully saturated rings. The van der Waals surface area contributed by atoms with E-state index in [1.54, 1.807) is 17.0 Å². The summed E-state index contributed by atoms with van der Waals surface area (Å²) in [4.78, 5) is 42.7. The van der Waals surface area contributed by atoms with E-state index >= 15 is 0 Å². The lowest BCUT2D eigenvalue weighted by Crippen LogP contribution is -2.43. The molecule has 2 aromatic rings. The molecule has 6 heteroatoms. The van der Waals surface area contributed by atoms with Crippen LogP contribution in [-0.2, 0) is 9.59 Å². The Morgan fingerprint density at radius 3 is 2.45 bits per heavy atom. The summed E-state index contributed by atoms with van der Waals surface area (Å²) >= 11 is 0. The molecule has 33 heavy (non-hydrogen) atoms. The standard InChI is InChI=1S/C27H33N3O3/c1-19-18-22(27(33)29-16-8-6-10-20(29)2)14-15-23(19)28-26(32)25(21-11-4-3-5-12-21)30-17-9-7-13-24(30)31/h3-5,11-12,14-15,18,20,25H,6-10,13,16-17H2,1-2H3,(H,28,32). The number of carbonyl (C=O) groups excluding carboxylic acids is 3. The number of rotatable bonds is 5. The van der Waals surface area contributed by atoms with Crippen molar-refractivity contribution in [2.75, 3.05) is 18.4 Å². The number of piperidine rings is 2. The van der Waals surface area contributed by atoms with E-state index in [9.17, 15) is 14.4 Å². The Bertz CT molecular complexity index is 1020. The van der Waals surface area contributed by atoms with Crippen molar-refractivity contribution < 1.29 is 14.4 Å². The molecule has 1 N–H and O–H groups in total. The molecule has 2 atom stereocenters. The molecule has 0 radical (unpaired) electrons. The molecule has 6 nitrogen and oxygen atoms in total. The molecule has 2 heterocycles. The Morgan fingerprint density at radius 1 is 1.00 bits per heavy atom. The molecule has 2 aliphatic rings. The average Bonchev–Trinajstić information content (AvgIpc) is 2.82. The third-order valence-corrected chi connectivity index (χ3v) is 6.83. The highest BCUT2D eigenvalue weighted by Gasteiger charge is 2.33. The van der Waals surface area contributed by atoms with Gasteiger partial charge in [0.05, 0.1) is 0 Å². The lowest BCUT2D eigenvalue weighted by Gasteiger charge is -2.34. The molecule has 0 bridgehead atoms. The van der Waals surface area contributed by atoms with Gasteiger partial charge in [0, 0.05) is 36.8 Å². The zero-order chi connectivity index (χ0) is 23.4. The number of amides is 3. The summed E-state index contributed by atoms with van der Waals surface area (Å²) in [6, 6.07) is 14.5. The summed E-state index contributed by atoms with van der Waals surface area (Å²) in [6.07, 6.45) is 5.47. The minimum atomic E-state index is -0.672. The number of anilines is 1. The lowest BCUT2D eigenvalue weighted by atomic mass is 9.99. The number of hydrogen-bond acceptors (Lipinski definition) is 3. The number of nitrogens with one attached hydrogen (secondary N) is 1. The predicted octanol–water partition coefficient (Wildman–Crippen LogP) is 4.70. The van der Waals surface area contributed by atoms with Gasteiger partial charge in [0.2, 0.25) is 5.91 Å². The second-order valence-electron chi connectivity index (χ2n) is 9.22. The van der Waals surface area contributed by atoms with Gasteiger partial charge < -0.3 is 15.1 Å². The van der Waals surface area contributed by atoms with Gasteiger partial charge in [-0.2, -0.15) is 0 Å². The molecule has 2 unspecified atom stereocenters. The Morgan fingerprint density at radius 2 is 1.76 bits per heavy atom. The first-order chi connectivity index (χ1) is 16.0. The number of aryl methyl sites for hydroxylation is 1. The van der Waals surface area contributed by atoms with Crippen LogP contribution in [0.1, 0.15) is 73.0 Å². The summed E-state index contributed by atoms with van der Waals surface area (Å²) in [7, 11) is 0. The van der Waals surface area contributed by atoms with E-state index in [2.05, 4.69) is 12.2 Å². The summed E-state index contributed by atoms with van der Waals surface area (Å²) in [6.45, 7) is 5.37. The highest BCUT2D eigenvalue weighted by atomic mass is 16.2. The van der Waals surface area contributed by atoms with E-state index in [4.69, 9.17) is 0 Å². The zero-order valence-electron chi connectivity index (χ0n) is 19.5. The van der Waals surface area contributed by atoms with Gasteiger partial charge in [-0.15, -0.1) is 0 Å². The van der Waals surface area contributed by atoms with Crippen molar-refractivity contribution in [3.05, 3.63) is 65.2 Å². The quantitative estimate of drug-likeness (QED) is 0.722. The first-order valence-electron chi connectivity index (χ1n) is 12.0. The van der Waals surface area contributed by atoms with Gasteiger partial charge in [0.1, 0.15) is 6.04 Å². The SMILES string of the molecule is Cc1cc(C(=O)N2CCCCC2C)ccc1NC(=O)C(c1ccccc1)N1CCCCC1=O. The molecule has 0 saturated carbocycles. The van der Waals surface area contributed by atoms with E-state index in [0.29, 0.717) is 24.2 Å². The summed E-state index contributed by atoms with van der Waals surface area (Å²) in [5, 5.41) is 3.02. The monoisotopic (exact) mass is 447 g/mol. The molecule has 4 rings (SSSR count). The number of hydrogen-bond donors (Lipinski definition) is 1. The minimum absolute atomic E-state index is 0.0126. The van der Waals surface area contributed by atoms with Crippen LogP contribution in [0.2, 0.25) is 0 Å². The molecule has 0 aromatic heterocycles. The van der Waals surface area contributed by atoms with Crippen molar-refractivity contribution in [1.82, 2.24) is 9.80 Å². The summed E-state index contributed by atoms with van der Waals surface area (Å²) in [5.74, 6) is -0.175.